The van der Waals surface area contributed by atoms with Gasteiger partial charge in [0.1, 0.15) is 11.5 Å². The zero-order valence-corrected chi connectivity index (χ0v) is 16.0. The van der Waals surface area contributed by atoms with Gasteiger partial charge in [0.25, 0.3) is 0 Å². The molecule has 0 bridgehead atoms. The number of hydrogen-bond acceptors (Lipinski definition) is 3. The molecule has 0 radical (unpaired) electrons. The van der Waals surface area contributed by atoms with Gasteiger partial charge < -0.3 is 9.42 Å². The molecule has 1 N–H and O–H groups in total. The summed E-state index contributed by atoms with van der Waals surface area (Å²) < 4.78 is 5.54. The minimum absolute atomic E-state index is 0.0623. The van der Waals surface area contributed by atoms with E-state index in [1.165, 1.54) is 11.1 Å². The molecular formula is C19H25O3PS. The number of ketones is 1. The maximum absolute atomic E-state index is 12.4. The zero-order chi connectivity index (χ0) is 17.1. The highest BCUT2D eigenvalue weighted by Crippen LogP contribution is 2.59. The molecule has 2 saturated carbocycles. The van der Waals surface area contributed by atoms with Crippen LogP contribution >= 0.6 is 6.49 Å². The number of Topliss-reactive ketones (excluding diaryl/α,β-unsaturated/α-hetero) is 1. The van der Waals surface area contributed by atoms with Crippen LogP contribution in [0.1, 0.15) is 56.1 Å². The smallest absolute Gasteiger partial charge is 0.232 e. The van der Waals surface area contributed by atoms with E-state index in [4.69, 9.17) is 16.3 Å². The summed E-state index contributed by atoms with van der Waals surface area (Å²) in [6, 6.07) is 6.20. The Morgan fingerprint density at radius 1 is 1.29 bits per heavy atom. The first-order chi connectivity index (χ1) is 11.3. The molecule has 1 unspecified atom stereocenters. The van der Waals surface area contributed by atoms with Gasteiger partial charge in [-0.2, -0.15) is 0 Å². The lowest BCUT2D eigenvalue weighted by Crippen LogP contribution is -2.42. The Labute approximate surface area is 149 Å². The Bertz CT molecular complexity index is 740. The van der Waals surface area contributed by atoms with Crippen LogP contribution in [0.2, 0.25) is 0 Å². The second kappa shape index (κ2) is 5.65. The fraction of sp³-hybridized carbons (Fsp3) is 0.632. The zero-order valence-electron chi connectivity index (χ0n) is 14.3. The van der Waals surface area contributed by atoms with Gasteiger partial charge >= 0.3 is 0 Å². The number of hydrogen-bond donors (Lipinski definition) is 1. The van der Waals surface area contributed by atoms with Crippen LogP contribution in [0.25, 0.3) is 0 Å². The van der Waals surface area contributed by atoms with Crippen LogP contribution in [0, 0.1) is 17.3 Å². The first-order valence-corrected chi connectivity index (χ1v) is 12.1. The van der Waals surface area contributed by atoms with Gasteiger partial charge in [0.15, 0.2) is 0 Å². The molecule has 0 aliphatic heterocycles. The maximum Gasteiger partial charge on any atom is 0.232 e. The fourth-order valence-corrected chi connectivity index (χ4v) is 6.35. The highest BCUT2D eigenvalue weighted by Gasteiger charge is 2.54. The number of carbonyl (C=O) groups is 1. The van der Waals surface area contributed by atoms with E-state index >= 15 is 0 Å². The van der Waals surface area contributed by atoms with Crippen molar-refractivity contribution in [3.63, 3.8) is 0 Å². The highest BCUT2D eigenvalue weighted by molar-refractivity contribution is 8.09. The van der Waals surface area contributed by atoms with Crippen molar-refractivity contribution < 1.29 is 14.2 Å². The average molecular weight is 364 g/mol. The maximum atomic E-state index is 12.4. The molecule has 3 aliphatic carbocycles. The number of rotatable bonds is 2. The lowest BCUT2D eigenvalue weighted by Gasteiger charge is -2.48. The van der Waals surface area contributed by atoms with Crippen molar-refractivity contribution in [1.29, 1.82) is 0 Å². The van der Waals surface area contributed by atoms with E-state index in [-0.39, 0.29) is 5.41 Å². The van der Waals surface area contributed by atoms with Gasteiger partial charge in [-0.1, -0.05) is 13.0 Å². The molecule has 0 aromatic heterocycles. The first kappa shape index (κ1) is 16.8. The summed E-state index contributed by atoms with van der Waals surface area (Å²) in [7, 11) is 0. The third-order valence-electron chi connectivity index (χ3n) is 6.68. The van der Waals surface area contributed by atoms with Crippen molar-refractivity contribution in [3.8, 4) is 5.75 Å². The van der Waals surface area contributed by atoms with E-state index < -0.39 is 6.49 Å². The Kier molecular flexibility index (Phi) is 3.95. The summed E-state index contributed by atoms with van der Waals surface area (Å²) in [5, 5.41) is 0. The summed E-state index contributed by atoms with van der Waals surface area (Å²) in [5.74, 6) is 2.97. The van der Waals surface area contributed by atoms with Crippen LogP contribution in [0.3, 0.4) is 0 Å². The highest BCUT2D eigenvalue weighted by atomic mass is 32.5. The minimum atomic E-state index is -2.69. The van der Waals surface area contributed by atoms with E-state index in [9.17, 15) is 9.69 Å². The fourth-order valence-electron chi connectivity index (χ4n) is 5.58. The van der Waals surface area contributed by atoms with Crippen molar-refractivity contribution in [1.82, 2.24) is 0 Å². The van der Waals surface area contributed by atoms with E-state index in [2.05, 4.69) is 19.1 Å². The van der Waals surface area contributed by atoms with E-state index in [0.717, 1.165) is 38.5 Å². The molecule has 0 amide bonds. The van der Waals surface area contributed by atoms with Gasteiger partial charge in [0.05, 0.1) is 0 Å². The quantitative estimate of drug-likeness (QED) is 0.789. The molecule has 1 aromatic rings. The van der Waals surface area contributed by atoms with Gasteiger partial charge in [0.2, 0.25) is 6.49 Å². The first-order valence-electron chi connectivity index (χ1n) is 8.94. The van der Waals surface area contributed by atoms with Crippen LogP contribution in [-0.2, 0) is 23.0 Å². The number of fused-ring (bicyclic) bond motifs is 5. The van der Waals surface area contributed by atoms with Gasteiger partial charge in [-0.25, -0.2) is 0 Å². The molecule has 2 fully saturated rings. The monoisotopic (exact) mass is 364 g/mol. The van der Waals surface area contributed by atoms with Crippen molar-refractivity contribution >= 4 is 24.1 Å². The van der Waals surface area contributed by atoms with Gasteiger partial charge in [-0.05, 0) is 84.9 Å². The molecule has 0 heterocycles. The van der Waals surface area contributed by atoms with Crippen LogP contribution in [0.15, 0.2) is 18.2 Å². The molecule has 24 heavy (non-hydrogen) atoms. The Morgan fingerprint density at radius 2 is 2.08 bits per heavy atom. The standard InChI is InChI=1S/C19H25O3PS/c1-19-10-9-15-14-6-4-13(22-23(2,21)24)11-12(14)3-5-16(15)17(19)7-8-18(19)20/h4,6,11,15-17H,3,5,7-10H2,1-2H3,(H,21,24)/t15-,16-,17+,19+,23?/m1/s1. The Balaban J connectivity index is 1.64. The third-order valence-corrected chi connectivity index (χ3v) is 7.45. The minimum Gasteiger partial charge on any atom is -0.444 e. The molecule has 5 atom stereocenters. The van der Waals surface area contributed by atoms with Crippen LogP contribution < -0.4 is 4.52 Å². The van der Waals surface area contributed by atoms with Crippen LogP contribution in [-0.4, -0.2) is 17.3 Å². The largest absolute Gasteiger partial charge is 0.444 e. The van der Waals surface area contributed by atoms with Crippen LogP contribution in [0.5, 0.6) is 5.75 Å². The van der Waals surface area contributed by atoms with E-state index in [1.807, 2.05) is 6.07 Å². The Hall–Kier alpha value is -0.700. The molecule has 5 heteroatoms. The molecule has 130 valence electrons. The van der Waals surface area contributed by atoms with Gasteiger partial charge in [0, 0.05) is 18.5 Å². The molecule has 0 saturated heterocycles. The van der Waals surface area contributed by atoms with Crippen molar-refractivity contribution in [2.24, 2.45) is 17.3 Å². The number of aryl methyl sites for hydroxylation is 1. The molecule has 0 spiro atoms. The number of benzene rings is 1. The SMILES string of the molecule is C[C@]12CC[C@@H]3c4ccc(OP(C)(O)=S)cc4CC[C@H]3[C@@H]1CCC2=O. The second-order valence-corrected chi connectivity index (χ2v) is 11.9. The lowest BCUT2D eigenvalue weighted by molar-refractivity contribution is -0.129. The van der Waals surface area contributed by atoms with Crippen molar-refractivity contribution in [2.45, 2.75) is 51.4 Å². The van der Waals surface area contributed by atoms with E-state index in [0.29, 0.717) is 29.3 Å². The van der Waals surface area contributed by atoms with Gasteiger partial charge in [-0.15, -0.1) is 0 Å². The summed E-state index contributed by atoms with van der Waals surface area (Å²) in [6.45, 7) is 1.11. The third kappa shape index (κ3) is 2.67. The van der Waals surface area contributed by atoms with E-state index in [1.54, 1.807) is 6.66 Å². The molecule has 4 rings (SSSR count). The van der Waals surface area contributed by atoms with Crippen LogP contribution in [0.4, 0.5) is 0 Å². The Morgan fingerprint density at radius 3 is 2.83 bits per heavy atom. The average Bonchev–Trinajstić information content (AvgIpc) is 2.81. The molecular weight excluding hydrogens is 339 g/mol. The molecule has 3 aliphatic rings. The summed E-state index contributed by atoms with van der Waals surface area (Å²) in [4.78, 5) is 22.2. The number of carbonyl (C=O) groups excluding carboxylic acids is 1. The molecule has 1 aromatic carbocycles. The van der Waals surface area contributed by atoms with Gasteiger partial charge in [-0.3, -0.25) is 4.79 Å². The summed E-state index contributed by atoms with van der Waals surface area (Å²) in [6.07, 6.45) is 6.20. The normalized spacial score (nSPS) is 37.1. The predicted octanol–water partition coefficient (Wildman–Crippen LogP) is 4.42. The summed E-state index contributed by atoms with van der Waals surface area (Å²) >= 11 is 5.00. The summed E-state index contributed by atoms with van der Waals surface area (Å²) in [5.41, 5.74) is 2.71. The predicted molar refractivity (Wildman–Crippen MR) is 99.1 cm³/mol. The lowest BCUT2D eigenvalue weighted by atomic mass is 9.55. The van der Waals surface area contributed by atoms with Crippen molar-refractivity contribution in [2.75, 3.05) is 6.66 Å². The second-order valence-electron chi connectivity index (χ2n) is 8.09. The molecule has 3 nitrogen and oxygen atoms in total. The van der Waals surface area contributed by atoms with Crippen molar-refractivity contribution in [3.05, 3.63) is 29.3 Å². The topological polar surface area (TPSA) is 46.5 Å².